The molecule has 0 unspecified atom stereocenters. The van der Waals surface area contributed by atoms with Gasteiger partial charge in [0.1, 0.15) is 5.75 Å². The maximum atomic E-state index is 13.0. The number of hydrogen-bond donors (Lipinski definition) is 0. The second-order valence-corrected chi connectivity index (χ2v) is 9.42. The minimum atomic E-state index is -3.76. The molecule has 0 aliphatic carbocycles. The lowest BCUT2D eigenvalue weighted by atomic mass is 10.2. The second-order valence-electron chi connectivity index (χ2n) is 5.48. The zero-order valence-electron chi connectivity index (χ0n) is 13.7. The molecule has 26 heavy (non-hydrogen) atoms. The normalized spacial score (nSPS) is 18.0. The summed E-state index contributed by atoms with van der Waals surface area (Å²) in [6, 6.07) is 10.4. The number of methoxy groups -OCH3 is 1. The Hall–Kier alpha value is -1.62. The summed E-state index contributed by atoms with van der Waals surface area (Å²) in [5, 5.41) is 10.4. The molecule has 1 saturated heterocycles. The van der Waals surface area contributed by atoms with Crippen molar-refractivity contribution in [3.63, 3.8) is 0 Å². The number of nitro groups is 1. The summed E-state index contributed by atoms with van der Waals surface area (Å²) < 4.78 is 33.4. The van der Waals surface area contributed by atoms with Gasteiger partial charge in [-0.15, -0.1) is 11.8 Å². The number of rotatable bonds is 5. The molecule has 1 aliphatic rings. The van der Waals surface area contributed by atoms with E-state index in [1.54, 1.807) is 13.2 Å². The first-order valence-electron chi connectivity index (χ1n) is 7.56. The van der Waals surface area contributed by atoms with Gasteiger partial charge < -0.3 is 4.74 Å². The van der Waals surface area contributed by atoms with Crippen LogP contribution in [0.1, 0.15) is 10.9 Å². The van der Waals surface area contributed by atoms with E-state index in [-0.39, 0.29) is 16.0 Å². The van der Waals surface area contributed by atoms with Crippen LogP contribution in [0.15, 0.2) is 51.8 Å². The molecule has 0 aromatic heterocycles. The molecule has 1 heterocycles. The van der Waals surface area contributed by atoms with Crippen LogP contribution in [0.3, 0.4) is 0 Å². The number of halogens is 1. The monoisotopic (exact) mass is 458 g/mol. The number of ether oxygens (including phenoxy) is 1. The lowest BCUT2D eigenvalue weighted by molar-refractivity contribution is -0.384. The van der Waals surface area contributed by atoms with Crippen LogP contribution in [0.25, 0.3) is 0 Å². The third-order valence-electron chi connectivity index (χ3n) is 3.96. The Morgan fingerprint density at radius 1 is 1.27 bits per heavy atom. The summed E-state index contributed by atoms with van der Waals surface area (Å²) in [6.07, 6.45) is 0. The van der Waals surface area contributed by atoms with Crippen LogP contribution in [0, 0.1) is 10.1 Å². The second kappa shape index (κ2) is 7.55. The van der Waals surface area contributed by atoms with Crippen molar-refractivity contribution in [3.8, 4) is 5.75 Å². The SMILES string of the molecule is COc1ccc([C@H]2SCCN2S(=O)(=O)c2ccc([N+](=O)[O-])cc2)cc1Br. The van der Waals surface area contributed by atoms with Gasteiger partial charge >= 0.3 is 0 Å². The molecule has 1 fully saturated rings. The van der Waals surface area contributed by atoms with Gasteiger partial charge in [0.25, 0.3) is 5.69 Å². The topological polar surface area (TPSA) is 89.8 Å². The Morgan fingerprint density at radius 2 is 1.96 bits per heavy atom. The largest absolute Gasteiger partial charge is 0.496 e. The van der Waals surface area contributed by atoms with Gasteiger partial charge in [-0.2, -0.15) is 4.31 Å². The van der Waals surface area contributed by atoms with E-state index in [0.29, 0.717) is 18.0 Å². The van der Waals surface area contributed by atoms with Crippen molar-refractivity contribution in [1.29, 1.82) is 0 Å². The van der Waals surface area contributed by atoms with Crippen molar-refractivity contribution in [1.82, 2.24) is 4.31 Å². The van der Waals surface area contributed by atoms with E-state index in [2.05, 4.69) is 15.9 Å². The fraction of sp³-hybridized carbons (Fsp3) is 0.250. The standard InChI is InChI=1S/C16H15BrN2O5S2/c1-24-15-7-2-11(10-14(15)17)16-18(8-9-25-16)26(22,23)13-5-3-12(4-6-13)19(20)21/h2-7,10,16H,8-9H2,1H3/t16-/m1/s1. The predicted molar refractivity (Wildman–Crippen MR) is 103 cm³/mol. The van der Waals surface area contributed by atoms with Crippen molar-refractivity contribution < 1.29 is 18.1 Å². The molecule has 0 radical (unpaired) electrons. The van der Waals surface area contributed by atoms with E-state index >= 15 is 0 Å². The molecule has 0 amide bonds. The highest BCUT2D eigenvalue weighted by Gasteiger charge is 2.37. The van der Waals surface area contributed by atoms with Crippen molar-refractivity contribution in [2.24, 2.45) is 0 Å². The maximum absolute atomic E-state index is 13.0. The summed E-state index contributed by atoms with van der Waals surface area (Å²) in [6.45, 7) is 0.373. The molecule has 3 rings (SSSR count). The molecule has 0 spiro atoms. The van der Waals surface area contributed by atoms with E-state index in [9.17, 15) is 18.5 Å². The summed E-state index contributed by atoms with van der Waals surface area (Å²) in [5.41, 5.74) is 0.695. The molecule has 0 bridgehead atoms. The third-order valence-corrected chi connectivity index (χ3v) is 7.86. The van der Waals surface area contributed by atoms with Gasteiger partial charge in [-0.3, -0.25) is 10.1 Å². The Bertz CT molecular complexity index is 934. The van der Waals surface area contributed by atoms with Crippen LogP contribution in [0.5, 0.6) is 5.75 Å². The molecule has 1 atom stereocenters. The number of hydrogen-bond acceptors (Lipinski definition) is 6. The highest BCUT2D eigenvalue weighted by Crippen LogP contribution is 2.43. The zero-order valence-corrected chi connectivity index (χ0v) is 16.9. The summed E-state index contributed by atoms with van der Waals surface area (Å²) in [4.78, 5) is 10.3. The van der Waals surface area contributed by atoms with Gasteiger partial charge in [0, 0.05) is 24.4 Å². The Labute approximate surface area is 163 Å². The summed E-state index contributed by atoms with van der Waals surface area (Å²) in [7, 11) is -2.20. The van der Waals surface area contributed by atoms with E-state index < -0.39 is 14.9 Å². The first-order chi connectivity index (χ1) is 12.3. The fourth-order valence-electron chi connectivity index (χ4n) is 2.67. The van der Waals surface area contributed by atoms with Gasteiger partial charge in [0.05, 0.1) is 26.8 Å². The molecule has 10 heteroatoms. The molecule has 2 aromatic carbocycles. The summed E-state index contributed by atoms with van der Waals surface area (Å²) in [5.74, 6) is 1.34. The molecule has 1 aliphatic heterocycles. The van der Waals surface area contributed by atoms with Crippen LogP contribution < -0.4 is 4.74 Å². The number of benzene rings is 2. The predicted octanol–water partition coefficient (Wildman–Crippen LogP) is 3.80. The van der Waals surface area contributed by atoms with Crippen molar-refractivity contribution in [2.75, 3.05) is 19.4 Å². The number of nitrogens with zero attached hydrogens (tertiary/aromatic N) is 2. The average molecular weight is 459 g/mol. The lowest BCUT2D eigenvalue weighted by Crippen LogP contribution is -2.30. The van der Waals surface area contributed by atoms with Crippen molar-refractivity contribution in [2.45, 2.75) is 10.3 Å². The fourth-order valence-corrected chi connectivity index (χ4v) is 6.46. The number of nitro benzene ring substituents is 1. The maximum Gasteiger partial charge on any atom is 0.269 e. The zero-order chi connectivity index (χ0) is 18.9. The van der Waals surface area contributed by atoms with Crippen LogP contribution in [-0.2, 0) is 10.0 Å². The van der Waals surface area contributed by atoms with E-state index in [4.69, 9.17) is 4.74 Å². The van der Waals surface area contributed by atoms with Gasteiger partial charge in [-0.1, -0.05) is 6.07 Å². The molecule has 0 N–H and O–H groups in total. The smallest absolute Gasteiger partial charge is 0.269 e. The van der Waals surface area contributed by atoms with Gasteiger partial charge in [0.15, 0.2) is 0 Å². The minimum Gasteiger partial charge on any atom is -0.496 e. The highest BCUT2D eigenvalue weighted by molar-refractivity contribution is 9.10. The Kier molecular flexibility index (Phi) is 5.56. The molecular formula is C16H15BrN2O5S2. The number of thioether (sulfide) groups is 1. The van der Waals surface area contributed by atoms with E-state index in [0.717, 1.165) is 10.0 Å². The average Bonchev–Trinajstić information content (AvgIpc) is 3.12. The van der Waals surface area contributed by atoms with Gasteiger partial charge in [0.2, 0.25) is 10.0 Å². The number of non-ortho nitro benzene ring substituents is 1. The number of sulfonamides is 1. The first kappa shape index (κ1) is 19.2. The molecule has 7 nitrogen and oxygen atoms in total. The minimum absolute atomic E-state index is 0.0446. The van der Waals surface area contributed by atoms with Crippen molar-refractivity contribution in [3.05, 3.63) is 62.6 Å². The van der Waals surface area contributed by atoms with Crippen LogP contribution in [0.4, 0.5) is 5.69 Å². The lowest BCUT2D eigenvalue weighted by Gasteiger charge is -2.24. The van der Waals surface area contributed by atoms with Crippen LogP contribution in [0.2, 0.25) is 0 Å². The molecule has 0 saturated carbocycles. The molecule has 138 valence electrons. The van der Waals surface area contributed by atoms with Crippen LogP contribution >= 0.6 is 27.7 Å². The highest BCUT2D eigenvalue weighted by atomic mass is 79.9. The Balaban J connectivity index is 1.93. The summed E-state index contributed by atoms with van der Waals surface area (Å²) >= 11 is 4.96. The van der Waals surface area contributed by atoms with E-state index in [1.807, 2.05) is 12.1 Å². The van der Waals surface area contributed by atoms with Gasteiger partial charge in [-0.25, -0.2) is 8.42 Å². The van der Waals surface area contributed by atoms with Crippen LogP contribution in [-0.4, -0.2) is 37.1 Å². The third kappa shape index (κ3) is 3.59. The molecular weight excluding hydrogens is 444 g/mol. The quantitative estimate of drug-likeness (QED) is 0.499. The first-order valence-corrected chi connectivity index (χ1v) is 10.8. The molecule has 2 aromatic rings. The van der Waals surface area contributed by atoms with Crippen molar-refractivity contribution >= 4 is 43.4 Å². The van der Waals surface area contributed by atoms with E-state index in [1.165, 1.54) is 40.3 Å². The Morgan fingerprint density at radius 3 is 2.54 bits per heavy atom. The van der Waals surface area contributed by atoms with Gasteiger partial charge in [-0.05, 0) is 45.8 Å².